The molecule has 0 atom stereocenters. The highest BCUT2D eigenvalue weighted by Crippen LogP contribution is 2.38. The lowest BCUT2D eigenvalue weighted by molar-refractivity contribution is -0.112. The van der Waals surface area contributed by atoms with Crippen molar-refractivity contribution in [1.29, 1.82) is 0 Å². The Morgan fingerprint density at radius 3 is 2.57 bits per heavy atom. The fourth-order valence-corrected chi connectivity index (χ4v) is 1.89. The zero-order chi connectivity index (χ0) is 10.3. The van der Waals surface area contributed by atoms with Crippen molar-refractivity contribution in [1.82, 2.24) is 0 Å². The number of rotatable bonds is 0. The first kappa shape index (κ1) is 9.28. The minimum Gasteiger partial charge on any atom is -0.267 e. The van der Waals surface area contributed by atoms with Crippen molar-refractivity contribution >= 4 is 28.9 Å². The van der Waals surface area contributed by atoms with Crippen LogP contribution in [0.2, 0.25) is 0 Å². The van der Waals surface area contributed by atoms with Crippen LogP contribution in [0.3, 0.4) is 0 Å². The molecule has 1 aromatic rings. The molecule has 1 aliphatic rings. The van der Waals surface area contributed by atoms with Gasteiger partial charge in [0.1, 0.15) is 0 Å². The van der Waals surface area contributed by atoms with E-state index in [0.29, 0.717) is 0 Å². The molecule has 14 heavy (non-hydrogen) atoms. The van der Waals surface area contributed by atoms with Gasteiger partial charge < -0.3 is 0 Å². The van der Waals surface area contributed by atoms with E-state index in [0.717, 1.165) is 22.4 Å². The maximum Gasteiger partial charge on any atom is 0.273 e. The summed E-state index contributed by atoms with van der Waals surface area (Å²) in [6.07, 6.45) is 0. The Balaban J connectivity index is 2.72. The lowest BCUT2D eigenvalue weighted by Gasteiger charge is -2.03. The van der Waals surface area contributed by atoms with Crippen molar-refractivity contribution < 1.29 is 4.79 Å². The van der Waals surface area contributed by atoms with Crippen molar-refractivity contribution in [3.63, 3.8) is 0 Å². The van der Waals surface area contributed by atoms with Crippen molar-refractivity contribution in [2.24, 2.45) is 0 Å². The molecule has 0 unspecified atom stereocenters. The zero-order valence-corrected chi connectivity index (χ0v) is 8.80. The average molecular weight is 208 g/mol. The average Bonchev–Trinajstić information content (AvgIpc) is 2.41. The van der Waals surface area contributed by atoms with Gasteiger partial charge in [-0.2, -0.15) is 0 Å². The molecule has 2 rings (SSSR count). The summed E-state index contributed by atoms with van der Waals surface area (Å²) in [6.45, 7) is 3.83. The number of para-hydroxylation sites is 1. The van der Waals surface area contributed by atoms with Crippen LogP contribution in [0.1, 0.15) is 19.4 Å². The number of hydrogen-bond donors (Lipinski definition) is 0. The van der Waals surface area contributed by atoms with Crippen LogP contribution in [0.4, 0.5) is 5.69 Å². The number of allylic oxidation sites excluding steroid dienone is 1. The molecule has 1 aromatic carbocycles. The Labute approximate surface area is 87.9 Å². The topological polar surface area (TPSA) is 20.3 Å². The largest absolute Gasteiger partial charge is 0.273 e. The fraction of sp³-hybridized carbons (Fsp3) is 0.182. The number of anilines is 1. The molecular weight excluding hydrogens is 198 g/mol. The standard InChI is InChI=1S/C11H10ClNO/c1-7(2)10-8-5-3-4-6-9(8)13(12)11(10)14/h3-6H,1-2H3. The Morgan fingerprint density at radius 2 is 1.93 bits per heavy atom. The van der Waals surface area contributed by atoms with Gasteiger partial charge in [0.2, 0.25) is 0 Å². The molecule has 0 spiro atoms. The van der Waals surface area contributed by atoms with Crippen LogP contribution in [0.25, 0.3) is 5.57 Å². The maximum atomic E-state index is 11.7. The molecule has 2 nitrogen and oxygen atoms in total. The maximum absolute atomic E-state index is 11.7. The molecular formula is C11H10ClNO. The van der Waals surface area contributed by atoms with Gasteiger partial charge in [-0.25, -0.2) is 4.42 Å². The van der Waals surface area contributed by atoms with Crippen LogP contribution in [0.5, 0.6) is 0 Å². The molecule has 1 aliphatic heterocycles. The summed E-state index contributed by atoms with van der Waals surface area (Å²) in [4.78, 5) is 11.7. The first-order chi connectivity index (χ1) is 6.63. The van der Waals surface area contributed by atoms with E-state index in [2.05, 4.69) is 0 Å². The number of amides is 1. The number of fused-ring (bicyclic) bond motifs is 1. The highest BCUT2D eigenvalue weighted by Gasteiger charge is 2.31. The molecule has 0 bridgehead atoms. The van der Waals surface area contributed by atoms with Crippen LogP contribution in [0, 0.1) is 0 Å². The van der Waals surface area contributed by atoms with E-state index >= 15 is 0 Å². The zero-order valence-electron chi connectivity index (χ0n) is 8.04. The highest BCUT2D eigenvalue weighted by atomic mass is 35.5. The van der Waals surface area contributed by atoms with E-state index in [9.17, 15) is 4.79 Å². The van der Waals surface area contributed by atoms with E-state index in [4.69, 9.17) is 11.8 Å². The fourth-order valence-electron chi connectivity index (χ4n) is 1.66. The molecule has 72 valence electrons. The summed E-state index contributed by atoms with van der Waals surface area (Å²) in [6, 6.07) is 7.54. The molecule has 0 radical (unpaired) electrons. The van der Waals surface area contributed by atoms with Gasteiger partial charge in [0.05, 0.1) is 5.69 Å². The summed E-state index contributed by atoms with van der Waals surface area (Å²) < 4.78 is 1.18. The van der Waals surface area contributed by atoms with Crippen molar-refractivity contribution in [3.05, 3.63) is 35.4 Å². The normalized spacial score (nSPS) is 14.6. The number of hydrogen-bond acceptors (Lipinski definition) is 1. The predicted molar refractivity (Wildman–Crippen MR) is 58.0 cm³/mol. The lowest BCUT2D eigenvalue weighted by atomic mass is 10.0. The molecule has 1 heterocycles. The lowest BCUT2D eigenvalue weighted by Crippen LogP contribution is -2.14. The summed E-state index contributed by atoms with van der Waals surface area (Å²) in [5.41, 5.74) is 3.41. The highest BCUT2D eigenvalue weighted by molar-refractivity contribution is 6.49. The molecule has 0 N–H and O–H groups in total. The third-order valence-corrected chi connectivity index (χ3v) is 2.61. The van der Waals surface area contributed by atoms with E-state index in [1.807, 2.05) is 38.1 Å². The van der Waals surface area contributed by atoms with Gasteiger partial charge in [-0.05, 0) is 19.9 Å². The number of benzene rings is 1. The molecule has 0 saturated heterocycles. The SMILES string of the molecule is CC(C)=C1C(=O)N(Cl)c2ccccc21. The molecule has 3 heteroatoms. The van der Waals surface area contributed by atoms with Crippen LogP contribution >= 0.6 is 11.8 Å². The second-order valence-electron chi connectivity index (χ2n) is 3.48. The number of halogens is 1. The minimum atomic E-state index is -0.132. The summed E-state index contributed by atoms with van der Waals surface area (Å²) in [7, 11) is 0. The quantitative estimate of drug-likeness (QED) is 0.473. The Hall–Kier alpha value is -1.28. The van der Waals surface area contributed by atoms with Crippen molar-refractivity contribution in [2.75, 3.05) is 4.42 Å². The first-order valence-electron chi connectivity index (χ1n) is 4.40. The third kappa shape index (κ3) is 1.15. The Morgan fingerprint density at radius 1 is 1.29 bits per heavy atom. The smallest absolute Gasteiger partial charge is 0.267 e. The van der Waals surface area contributed by atoms with Crippen molar-refractivity contribution in [2.45, 2.75) is 13.8 Å². The molecule has 0 aromatic heterocycles. The summed E-state index contributed by atoms with van der Waals surface area (Å²) in [5, 5.41) is 0. The van der Waals surface area contributed by atoms with Gasteiger partial charge in [-0.3, -0.25) is 4.79 Å². The van der Waals surface area contributed by atoms with Gasteiger partial charge in [0, 0.05) is 22.9 Å². The van der Waals surface area contributed by atoms with Crippen LogP contribution in [-0.4, -0.2) is 5.91 Å². The van der Waals surface area contributed by atoms with E-state index in [1.165, 1.54) is 4.42 Å². The van der Waals surface area contributed by atoms with Gasteiger partial charge in [-0.15, -0.1) is 0 Å². The number of carbonyl (C=O) groups excluding carboxylic acids is 1. The van der Waals surface area contributed by atoms with Crippen LogP contribution in [-0.2, 0) is 4.79 Å². The van der Waals surface area contributed by atoms with Gasteiger partial charge >= 0.3 is 0 Å². The Bertz CT molecular complexity index is 433. The van der Waals surface area contributed by atoms with Crippen LogP contribution < -0.4 is 4.42 Å². The van der Waals surface area contributed by atoms with Gasteiger partial charge in [0.15, 0.2) is 0 Å². The predicted octanol–water partition coefficient (Wildman–Crippen LogP) is 2.98. The van der Waals surface area contributed by atoms with E-state index < -0.39 is 0 Å². The second-order valence-corrected chi connectivity index (χ2v) is 3.82. The molecule has 1 amide bonds. The molecule has 0 aliphatic carbocycles. The monoisotopic (exact) mass is 207 g/mol. The van der Waals surface area contributed by atoms with Crippen LogP contribution in [0.15, 0.2) is 29.8 Å². The Kier molecular flexibility index (Phi) is 2.08. The first-order valence-corrected chi connectivity index (χ1v) is 4.74. The molecule has 0 fully saturated rings. The third-order valence-electron chi connectivity index (χ3n) is 2.28. The molecule has 0 saturated carbocycles. The van der Waals surface area contributed by atoms with Gasteiger partial charge in [-0.1, -0.05) is 23.8 Å². The van der Waals surface area contributed by atoms with E-state index in [1.54, 1.807) is 0 Å². The number of nitrogens with zero attached hydrogens (tertiary/aromatic N) is 1. The van der Waals surface area contributed by atoms with E-state index in [-0.39, 0.29) is 5.91 Å². The minimum absolute atomic E-state index is 0.132. The van der Waals surface area contributed by atoms with Crippen molar-refractivity contribution in [3.8, 4) is 0 Å². The number of carbonyl (C=O) groups is 1. The summed E-state index contributed by atoms with van der Waals surface area (Å²) >= 11 is 5.88. The van der Waals surface area contributed by atoms with Gasteiger partial charge in [0.25, 0.3) is 5.91 Å². The second kappa shape index (κ2) is 3.14. The summed E-state index contributed by atoms with van der Waals surface area (Å²) in [5.74, 6) is -0.132.